The molecular weight excluding hydrogens is 614 g/mol. The second kappa shape index (κ2) is 13.8. The third kappa shape index (κ3) is 8.17. The Labute approximate surface area is 253 Å². The van der Waals surface area contributed by atoms with Crippen LogP contribution in [-0.4, -0.2) is 44.3 Å². The molecule has 2 amide bonds. The van der Waals surface area contributed by atoms with Crippen molar-refractivity contribution in [1.29, 1.82) is 0 Å². The Kier molecular flexibility index (Phi) is 10.9. The first-order valence-corrected chi connectivity index (χ1v) is 15.1. The number of sulfonamides is 1. The molecule has 3 rings (SSSR count). The van der Waals surface area contributed by atoms with Crippen LogP contribution >= 0.6 is 23.2 Å². The van der Waals surface area contributed by atoms with Crippen LogP contribution in [0.4, 0.5) is 18.9 Å². The third-order valence-electron chi connectivity index (χ3n) is 6.41. The average molecular weight is 645 g/mol. The maximum atomic E-state index is 13.9. The largest absolute Gasteiger partial charge is 0.417 e. The Hall–Kier alpha value is -3.28. The molecular formula is C29H30Cl2F3N3O4S. The molecule has 0 aliphatic rings. The molecule has 1 atom stereocenters. The standard InChI is InChI=1S/C29H30Cl2F3N3O4S/c1-4-15-35-28(39)20(3)36(17-21-7-9-22(30)10-8-21)27(38)18-37(42(40,41)24-12-5-19(2)6-13-24)23-11-14-26(31)25(16-23)29(32,33)34/h5-14,16,20H,4,15,17-18H2,1-3H3,(H,35,39). The van der Waals surface area contributed by atoms with Gasteiger partial charge in [-0.05, 0) is 68.3 Å². The second-order valence-corrected chi connectivity index (χ2v) is 12.3. The number of nitrogens with zero attached hydrogens (tertiary/aromatic N) is 2. The fraction of sp³-hybridized carbons (Fsp3) is 0.310. The summed E-state index contributed by atoms with van der Waals surface area (Å²) in [5.41, 5.74) is -0.330. The summed E-state index contributed by atoms with van der Waals surface area (Å²) in [6.07, 6.45) is -4.24. The van der Waals surface area contributed by atoms with Gasteiger partial charge in [-0.3, -0.25) is 13.9 Å². The molecule has 0 fully saturated rings. The van der Waals surface area contributed by atoms with Crippen LogP contribution in [0, 0.1) is 6.92 Å². The van der Waals surface area contributed by atoms with Crippen LogP contribution in [0.15, 0.2) is 71.6 Å². The predicted molar refractivity (Wildman–Crippen MR) is 157 cm³/mol. The Morgan fingerprint density at radius 2 is 1.60 bits per heavy atom. The summed E-state index contributed by atoms with van der Waals surface area (Å²) in [4.78, 5) is 27.7. The van der Waals surface area contributed by atoms with Gasteiger partial charge in [-0.25, -0.2) is 8.42 Å². The monoisotopic (exact) mass is 643 g/mol. The summed E-state index contributed by atoms with van der Waals surface area (Å²) in [5, 5.41) is 2.53. The van der Waals surface area contributed by atoms with Crippen molar-refractivity contribution in [3.8, 4) is 0 Å². The van der Waals surface area contributed by atoms with E-state index in [1.165, 1.54) is 36.1 Å². The number of nitrogens with one attached hydrogen (secondary N) is 1. The Morgan fingerprint density at radius 1 is 0.976 bits per heavy atom. The van der Waals surface area contributed by atoms with Gasteiger partial charge in [0.25, 0.3) is 10.0 Å². The van der Waals surface area contributed by atoms with Gasteiger partial charge in [-0.2, -0.15) is 13.2 Å². The molecule has 0 radical (unpaired) electrons. The molecule has 7 nitrogen and oxygen atoms in total. The van der Waals surface area contributed by atoms with Crippen LogP contribution in [0.3, 0.4) is 0 Å². The van der Waals surface area contributed by atoms with E-state index in [2.05, 4.69) is 5.32 Å². The first-order valence-electron chi connectivity index (χ1n) is 12.9. The number of carbonyl (C=O) groups is 2. The number of alkyl halides is 3. The van der Waals surface area contributed by atoms with E-state index in [1.54, 1.807) is 31.2 Å². The van der Waals surface area contributed by atoms with Crippen molar-refractivity contribution in [3.63, 3.8) is 0 Å². The predicted octanol–water partition coefficient (Wildman–Crippen LogP) is 6.46. The molecule has 0 aliphatic carbocycles. The Balaban J connectivity index is 2.11. The zero-order valence-corrected chi connectivity index (χ0v) is 25.4. The summed E-state index contributed by atoms with van der Waals surface area (Å²) < 4.78 is 69.5. The molecule has 0 bridgehead atoms. The lowest BCUT2D eigenvalue weighted by Gasteiger charge is -2.32. The molecule has 3 aromatic rings. The van der Waals surface area contributed by atoms with Crippen molar-refractivity contribution < 1.29 is 31.2 Å². The van der Waals surface area contributed by atoms with Crippen molar-refractivity contribution in [2.75, 3.05) is 17.4 Å². The SMILES string of the molecule is CCCNC(=O)C(C)N(Cc1ccc(Cl)cc1)C(=O)CN(c1ccc(Cl)c(C(F)(F)F)c1)S(=O)(=O)c1ccc(C)cc1. The number of carbonyl (C=O) groups excluding carboxylic acids is 2. The maximum absolute atomic E-state index is 13.9. The minimum Gasteiger partial charge on any atom is -0.354 e. The highest BCUT2D eigenvalue weighted by atomic mass is 35.5. The highest BCUT2D eigenvalue weighted by Gasteiger charge is 2.37. The molecule has 3 aromatic carbocycles. The summed E-state index contributed by atoms with van der Waals surface area (Å²) in [7, 11) is -4.56. The first kappa shape index (κ1) is 33.2. The highest BCUT2D eigenvalue weighted by molar-refractivity contribution is 7.92. The molecule has 1 N–H and O–H groups in total. The zero-order chi connectivity index (χ0) is 31.2. The third-order valence-corrected chi connectivity index (χ3v) is 8.78. The Bertz CT molecular complexity index is 1520. The highest BCUT2D eigenvalue weighted by Crippen LogP contribution is 2.38. The van der Waals surface area contributed by atoms with Crippen LogP contribution in [0.25, 0.3) is 0 Å². The fourth-order valence-corrected chi connectivity index (χ4v) is 5.77. The van der Waals surface area contributed by atoms with E-state index in [0.717, 1.165) is 17.7 Å². The quantitative estimate of drug-likeness (QED) is 0.260. The summed E-state index contributed by atoms with van der Waals surface area (Å²) >= 11 is 11.8. The molecule has 0 saturated heterocycles. The number of anilines is 1. The first-order chi connectivity index (χ1) is 19.6. The van der Waals surface area contributed by atoms with Crippen molar-refractivity contribution in [2.45, 2.75) is 50.9 Å². The molecule has 0 heterocycles. The van der Waals surface area contributed by atoms with E-state index in [1.807, 2.05) is 6.92 Å². The number of hydrogen-bond donors (Lipinski definition) is 1. The molecule has 42 heavy (non-hydrogen) atoms. The van der Waals surface area contributed by atoms with Gasteiger partial charge in [0.1, 0.15) is 12.6 Å². The van der Waals surface area contributed by atoms with E-state index in [-0.39, 0.29) is 11.4 Å². The average Bonchev–Trinajstić information content (AvgIpc) is 2.93. The van der Waals surface area contributed by atoms with E-state index in [0.29, 0.717) is 33.9 Å². The van der Waals surface area contributed by atoms with Gasteiger partial charge in [-0.1, -0.05) is 60.0 Å². The van der Waals surface area contributed by atoms with Gasteiger partial charge < -0.3 is 10.2 Å². The van der Waals surface area contributed by atoms with Crippen LogP contribution in [-0.2, 0) is 32.3 Å². The molecule has 13 heteroatoms. The number of rotatable bonds is 11. The van der Waals surface area contributed by atoms with Crippen LogP contribution in [0.5, 0.6) is 0 Å². The van der Waals surface area contributed by atoms with Crippen LogP contribution in [0.1, 0.15) is 37.0 Å². The lowest BCUT2D eigenvalue weighted by molar-refractivity contribution is -0.139. The number of hydrogen-bond acceptors (Lipinski definition) is 4. The van der Waals surface area contributed by atoms with Crippen LogP contribution < -0.4 is 9.62 Å². The van der Waals surface area contributed by atoms with Gasteiger partial charge in [0.2, 0.25) is 11.8 Å². The molecule has 0 aromatic heterocycles. The van der Waals surface area contributed by atoms with E-state index in [9.17, 15) is 31.2 Å². The van der Waals surface area contributed by atoms with Crippen molar-refractivity contribution >= 4 is 50.7 Å². The van der Waals surface area contributed by atoms with Gasteiger partial charge in [0.15, 0.2) is 0 Å². The number of halogens is 5. The molecule has 226 valence electrons. The summed E-state index contributed by atoms with van der Waals surface area (Å²) in [5.74, 6) is -1.29. The molecule has 0 aliphatic heterocycles. The lowest BCUT2D eigenvalue weighted by atomic mass is 10.1. The lowest BCUT2D eigenvalue weighted by Crippen LogP contribution is -2.51. The maximum Gasteiger partial charge on any atom is 0.417 e. The van der Waals surface area contributed by atoms with E-state index >= 15 is 0 Å². The van der Waals surface area contributed by atoms with E-state index < -0.39 is 56.9 Å². The van der Waals surface area contributed by atoms with Gasteiger partial charge in [-0.15, -0.1) is 0 Å². The minimum absolute atomic E-state index is 0.0937. The molecule has 1 unspecified atom stereocenters. The normalized spacial score (nSPS) is 12.5. The molecule has 0 spiro atoms. The second-order valence-electron chi connectivity index (χ2n) is 9.60. The number of benzene rings is 3. The van der Waals surface area contributed by atoms with Crippen LogP contribution in [0.2, 0.25) is 10.0 Å². The van der Waals surface area contributed by atoms with Gasteiger partial charge >= 0.3 is 6.18 Å². The van der Waals surface area contributed by atoms with Crippen molar-refractivity contribution in [2.24, 2.45) is 0 Å². The fourth-order valence-electron chi connectivity index (χ4n) is 4.02. The van der Waals surface area contributed by atoms with Crippen molar-refractivity contribution in [1.82, 2.24) is 10.2 Å². The number of amides is 2. The topological polar surface area (TPSA) is 86.8 Å². The zero-order valence-electron chi connectivity index (χ0n) is 23.1. The van der Waals surface area contributed by atoms with Crippen molar-refractivity contribution in [3.05, 3.63) is 93.5 Å². The van der Waals surface area contributed by atoms with E-state index in [4.69, 9.17) is 23.2 Å². The smallest absolute Gasteiger partial charge is 0.354 e. The number of aryl methyl sites for hydroxylation is 1. The van der Waals surface area contributed by atoms with Gasteiger partial charge in [0, 0.05) is 18.1 Å². The minimum atomic E-state index is -4.89. The summed E-state index contributed by atoms with van der Waals surface area (Å²) in [6.45, 7) is 4.45. The summed E-state index contributed by atoms with van der Waals surface area (Å²) in [6, 6.07) is 13.7. The van der Waals surface area contributed by atoms with Gasteiger partial charge in [0.05, 0.1) is 21.2 Å². The Morgan fingerprint density at radius 3 is 2.17 bits per heavy atom. The molecule has 0 saturated carbocycles.